The average Bonchev–Trinajstić information content (AvgIpc) is 2.19. The molecular formula is C12H13NO3S. The molecule has 0 spiro atoms. The molecule has 4 nitrogen and oxygen atoms in total. The summed E-state index contributed by atoms with van der Waals surface area (Å²) in [7, 11) is 0. The number of carbonyl (C=O) groups excluding carboxylic acids is 1. The van der Waals surface area contributed by atoms with E-state index in [1.165, 1.54) is 11.8 Å². The monoisotopic (exact) mass is 251 g/mol. The van der Waals surface area contributed by atoms with Crippen LogP contribution in [0.25, 0.3) is 0 Å². The van der Waals surface area contributed by atoms with Gasteiger partial charge in [0.25, 0.3) is 0 Å². The lowest BCUT2D eigenvalue weighted by Crippen LogP contribution is -2.31. The van der Waals surface area contributed by atoms with E-state index in [2.05, 4.69) is 5.32 Å². The van der Waals surface area contributed by atoms with Gasteiger partial charge in [-0.15, -0.1) is 11.8 Å². The van der Waals surface area contributed by atoms with Crippen molar-refractivity contribution in [3.05, 3.63) is 23.3 Å². The van der Waals surface area contributed by atoms with Gasteiger partial charge < -0.3 is 10.4 Å². The van der Waals surface area contributed by atoms with Crippen molar-refractivity contribution >= 4 is 29.3 Å². The Morgan fingerprint density at radius 2 is 2.18 bits per heavy atom. The maximum Gasteiger partial charge on any atom is 0.305 e. The molecule has 1 aromatic rings. The van der Waals surface area contributed by atoms with Crippen LogP contribution in [0.15, 0.2) is 17.0 Å². The molecule has 1 aromatic carbocycles. The maximum atomic E-state index is 11.7. The van der Waals surface area contributed by atoms with Gasteiger partial charge in [-0.25, -0.2) is 0 Å². The van der Waals surface area contributed by atoms with E-state index >= 15 is 0 Å². The first-order chi connectivity index (χ1) is 7.97. The third-order valence-electron chi connectivity index (χ3n) is 2.59. The number of aliphatic carboxylic acids is 1. The van der Waals surface area contributed by atoms with E-state index in [1.807, 2.05) is 26.0 Å². The van der Waals surface area contributed by atoms with Gasteiger partial charge in [0, 0.05) is 4.90 Å². The first-order valence-corrected chi connectivity index (χ1v) is 6.16. The van der Waals surface area contributed by atoms with Crippen molar-refractivity contribution < 1.29 is 14.7 Å². The van der Waals surface area contributed by atoms with Gasteiger partial charge in [0.2, 0.25) is 5.91 Å². The number of hydrogen-bond donors (Lipinski definition) is 2. The quantitative estimate of drug-likeness (QED) is 0.845. The summed E-state index contributed by atoms with van der Waals surface area (Å²) in [5.74, 6) is -1.18. The second-order valence-electron chi connectivity index (χ2n) is 4.15. The van der Waals surface area contributed by atoms with E-state index in [4.69, 9.17) is 5.11 Å². The molecule has 0 aliphatic carbocycles. The first kappa shape index (κ1) is 12.0. The van der Waals surface area contributed by atoms with Crippen molar-refractivity contribution in [3.63, 3.8) is 0 Å². The molecule has 0 aromatic heterocycles. The predicted molar refractivity (Wildman–Crippen MR) is 66.4 cm³/mol. The largest absolute Gasteiger partial charge is 0.481 e. The molecule has 2 N–H and O–H groups in total. The molecular weight excluding hydrogens is 238 g/mol. The van der Waals surface area contributed by atoms with Crippen LogP contribution < -0.4 is 5.32 Å². The minimum atomic E-state index is -0.953. The smallest absolute Gasteiger partial charge is 0.305 e. The van der Waals surface area contributed by atoms with Crippen molar-refractivity contribution in [3.8, 4) is 0 Å². The van der Waals surface area contributed by atoms with Crippen LogP contribution in [0, 0.1) is 13.8 Å². The third-order valence-corrected chi connectivity index (χ3v) is 4.03. The number of nitrogens with one attached hydrogen (secondary N) is 1. The predicted octanol–water partition coefficient (Wildman–Crippen LogP) is 2.19. The number of benzene rings is 1. The molecule has 1 unspecified atom stereocenters. The molecule has 5 heteroatoms. The van der Waals surface area contributed by atoms with E-state index in [0.717, 1.165) is 21.7 Å². The van der Waals surface area contributed by atoms with Gasteiger partial charge in [0.15, 0.2) is 0 Å². The SMILES string of the molecule is Cc1cc(C)c2c(c1)NC(=O)C(CC(=O)O)S2. The summed E-state index contributed by atoms with van der Waals surface area (Å²) in [5, 5.41) is 11.0. The first-order valence-electron chi connectivity index (χ1n) is 5.28. The van der Waals surface area contributed by atoms with Gasteiger partial charge in [-0.1, -0.05) is 6.07 Å². The number of fused-ring (bicyclic) bond motifs is 1. The molecule has 0 saturated heterocycles. The zero-order chi connectivity index (χ0) is 12.6. The molecule has 1 atom stereocenters. The highest BCUT2D eigenvalue weighted by Gasteiger charge is 2.29. The lowest BCUT2D eigenvalue weighted by molar-refractivity contribution is -0.138. The van der Waals surface area contributed by atoms with Crippen LogP contribution in [0.2, 0.25) is 0 Å². The van der Waals surface area contributed by atoms with Gasteiger partial charge in [0.1, 0.15) is 0 Å². The Kier molecular flexibility index (Phi) is 3.11. The number of aryl methyl sites for hydroxylation is 2. The Morgan fingerprint density at radius 3 is 2.82 bits per heavy atom. The highest BCUT2D eigenvalue weighted by molar-refractivity contribution is 8.01. The maximum absolute atomic E-state index is 11.7. The molecule has 90 valence electrons. The molecule has 2 rings (SSSR count). The zero-order valence-corrected chi connectivity index (χ0v) is 10.4. The van der Waals surface area contributed by atoms with E-state index < -0.39 is 11.2 Å². The van der Waals surface area contributed by atoms with Crippen LogP contribution in [0.1, 0.15) is 17.5 Å². The normalized spacial score (nSPS) is 18.5. The second-order valence-corrected chi connectivity index (χ2v) is 5.37. The number of hydrogen-bond acceptors (Lipinski definition) is 3. The zero-order valence-electron chi connectivity index (χ0n) is 9.61. The summed E-state index contributed by atoms with van der Waals surface area (Å²) in [6.45, 7) is 3.93. The summed E-state index contributed by atoms with van der Waals surface area (Å²) >= 11 is 1.34. The molecule has 1 amide bonds. The molecule has 17 heavy (non-hydrogen) atoms. The van der Waals surface area contributed by atoms with Crippen LogP contribution in [0.4, 0.5) is 5.69 Å². The van der Waals surface area contributed by atoms with E-state index in [-0.39, 0.29) is 12.3 Å². The molecule has 1 aliphatic rings. The van der Waals surface area contributed by atoms with Gasteiger partial charge in [0.05, 0.1) is 17.4 Å². The van der Waals surface area contributed by atoms with Crippen molar-refractivity contribution in [2.45, 2.75) is 30.4 Å². The standard InChI is InChI=1S/C12H13NO3S/c1-6-3-7(2)11-8(4-6)13-12(16)9(17-11)5-10(14)15/h3-4,9H,5H2,1-2H3,(H,13,16)(H,14,15). The Hall–Kier alpha value is -1.49. The van der Waals surface area contributed by atoms with Gasteiger partial charge >= 0.3 is 5.97 Å². The van der Waals surface area contributed by atoms with E-state index in [9.17, 15) is 9.59 Å². The number of carboxylic acids is 1. The van der Waals surface area contributed by atoms with Crippen LogP contribution in [-0.4, -0.2) is 22.2 Å². The highest BCUT2D eigenvalue weighted by Crippen LogP contribution is 2.39. The molecule has 0 saturated carbocycles. The average molecular weight is 251 g/mol. The Bertz CT molecular complexity index is 499. The van der Waals surface area contributed by atoms with Crippen LogP contribution in [0.3, 0.4) is 0 Å². The summed E-state index contributed by atoms with van der Waals surface area (Å²) in [6.07, 6.45) is -0.150. The second kappa shape index (κ2) is 4.41. The summed E-state index contributed by atoms with van der Waals surface area (Å²) in [6, 6.07) is 3.94. The lowest BCUT2D eigenvalue weighted by atomic mass is 10.1. The van der Waals surface area contributed by atoms with Crippen LogP contribution in [-0.2, 0) is 9.59 Å². The van der Waals surface area contributed by atoms with E-state index in [1.54, 1.807) is 0 Å². The summed E-state index contributed by atoms with van der Waals surface area (Å²) in [4.78, 5) is 23.4. The van der Waals surface area contributed by atoms with Crippen LogP contribution in [0.5, 0.6) is 0 Å². The number of amides is 1. The van der Waals surface area contributed by atoms with Crippen molar-refractivity contribution in [1.29, 1.82) is 0 Å². The molecule has 1 heterocycles. The van der Waals surface area contributed by atoms with E-state index in [0.29, 0.717) is 0 Å². The number of carboxylic acid groups (broad SMARTS) is 1. The minimum absolute atomic E-state index is 0.150. The van der Waals surface area contributed by atoms with Crippen molar-refractivity contribution in [1.82, 2.24) is 0 Å². The highest BCUT2D eigenvalue weighted by atomic mass is 32.2. The van der Waals surface area contributed by atoms with Gasteiger partial charge in [-0.05, 0) is 31.0 Å². The van der Waals surface area contributed by atoms with Crippen LogP contribution >= 0.6 is 11.8 Å². The van der Waals surface area contributed by atoms with Crippen molar-refractivity contribution in [2.24, 2.45) is 0 Å². The van der Waals surface area contributed by atoms with Gasteiger partial charge in [-0.3, -0.25) is 9.59 Å². The fraction of sp³-hybridized carbons (Fsp3) is 0.333. The number of anilines is 1. The third kappa shape index (κ3) is 2.44. The minimum Gasteiger partial charge on any atom is -0.481 e. The summed E-state index contributed by atoms with van der Waals surface area (Å²) < 4.78 is 0. The topological polar surface area (TPSA) is 66.4 Å². The molecule has 0 fully saturated rings. The number of carbonyl (C=O) groups is 2. The lowest BCUT2D eigenvalue weighted by Gasteiger charge is -2.24. The fourth-order valence-corrected chi connectivity index (χ4v) is 3.06. The van der Waals surface area contributed by atoms with Crippen molar-refractivity contribution in [2.75, 3.05) is 5.32 Å². The molecule has 0 bridgehead atoms. The summed E-state index contributed by atoms with van der Waals surface area (Å²) in [5.41, 5.74) is 2.94. The number of rotatable bonds is 2. The Balaban J connectivity index is 2.34. The molecule has 1 aliphatic heterocycles. The Morgan fingerprint density at radius 1 is 1.47 bits per heavy atom. The Labute approximate surface area is 103 Å². The van der Waals surface area contributed by atoms with Gasteiger partial charge in [-0.2, -0.15) is 0 Å². The number of thioether (sulfide) groups is 1. The fourth-order valence-electron chi connectivity index (χ4n) is 1.91. The molecule has 0 radical (unpaired) electrons.